The van der Waals surface area contributed by atoms with E-state index >= 15 is 0 Å². The minimum Gasteiger partial charge on any atom is -0.382 e. The zero-order valence-electron chi connectivity index (χ0n) is 9.96. The van der Waals surface area contributed by atoms with Crippen molar-refractivity contribution in [2.24, 2.45) is 5.84 Å². The first kappa shape index (κ1) is 15.4. The van der Waals surface area contributed by atoms with E-state index in [1.807, 2.05) is 6.92 Å². The lowest BCUT2D eigenvalue weighted by molar-refractivity contribution is -0.137. The smallest absolute Gasteiger partial charge is 0.382 e. The number of ether oxygens (including phenoxy) is 1. The Hall–Kier alpha value is -0.700. The Balaban J connectivity index is 2.57. The number of halogens is 3. The van der Waals surface area contributed by atoms with Crippen LogP contribution in [0.25, 0.3) is 0 Å². The Labute approximate surface area is 107 Å². The molecule has 1 aromatic rings. The summed E-state index contributed by atoms with van der Waals surface area (Å²) in [5, 5.41) is -0.845. The van der Waals surface area contributed by atoms with Crippen LogP contribution in [0, 0.1) is 0 Å². The first-order valence-electron chi connectivity index (χ1n) is 5.55. The van der Waals surface area contributed by atoms with Gasteiger partial charge in [0, 0.05) is 24.3 Å². The second kappa shape index (κ2) is 7.03. The van der Waals surface area contributed by atoms with Crippen LogP contribution in [-0.2, 0) is 10.9 Å². The average Bonchev–Trinajstić information content (AvgIpc) is 2.78. The van der Waals surface area contributed by atoms with Crippen molar-refractivity contribution in [3.05, 3.63) is 16.1 Å². The number of hydrogen-bond donors (Lipinski definition) is 2. The first-order chi connectivity index (χ1) is 8.49. The van der Waals surface area contributed by atoms with E-state index in [0.29, 0.717) is 35.8 Å². The molecular formula is C10H16F3N3OS. The molecule has 0 bridgehead atoms. The number of nitrogens with zero attached hydrogens (tertiary/aromatic N) is 1. The van der Waals surface area contributed by atoms with Crippen molar-refractivity contribution in [1.82, 2.24) is 10.4 Å². The van der Waals surface area contributed by atoms with Crippen LogP contribution < -0.4 is 11.3 Å². The molecule has 8 heteroatoms. The number of aromatic nitrogens is 1. The maximum atomic E-state index is 12.4. The minimum absolute atomic E-state index is 0.320. The van der Waals surface area contributed by atoms with Crippen molar-refractivity contribution in [2.75, 3.05) is 13.2 Å². The van der Waals surface area contributed by atoms with Crippen LogP contribution in [0.2, 0.25) is 0 Å². The lowest BCUT2D eigenvalue weighted by Gasteiger charge is -2.13. The Morgan fingerprint density at radius 1 is 1.56 bits per heavy atom. The molecule has 4 nitrogen and oxygen atoms in total. The lowest BCUT2D eigenvalue weighted by Crippen LogP contribution is -2.27. The second-order valence-corrected chi connectivity index (χ2v) is 4.69. The van der Waals surface area contributed by atoms with Gasteiger partial charge in [-0.1, -0.05) is 0 Å². The Morgan fingerprint density at radius 2 is 2.28 bits per heavy atom. The van der Waals surface area contributed by atoms with Crippen molar-refractivity contribution < 1.29 is 17.9 Å². The molecular weight excluding hydrogens is 267 g/mol. The number of thiazole rings is 1. The third kappa shape index (κ3) is 4.52. The van der Waals surface area contributed by atoms with Crippen LogP contribution >= 0.6 is 11.3 Å². The Kier molecular flexibility index (Phi) is 6.00. The highest BCUT2D eigenvalue weighted by Gasteiger charge is 2.35. The molecule has 1 aromatic heterocycles. The van der Waals surface area contributed by atoms with Gasteiger partial charge in [0.2, 0.25) is 0 Å². The molecule has 1 heterocycles. The number of alkyl halides is 3. The van der Waals surface area contributed by atoms with Gasteiger partial charge in [0.25, 0.3) is 0 Å². The standard InChI is InChI=1S/C10H16F3N3OS/c1-2-17-5-3-4-7(16-14)8-6-15-9(18-8)10(11,12)13/h6-7,16H,2-5,14H2,1H3. The highest BCUT2D eigenvalue weighted by molar-refractivity contribution is 7.11. The largest absolute Gasteiger partial charge is 0.443 e. The Morgan fingerprint density at radius 3 is 2.78 bits per heavy atom. The van der Waals surface area contributed by atoms with Gasteiger partial charge in [-0.3, -0.25) is 11.3 Å². The SMILES string of the molecule is CCOCCCC(NN)c1cnc(C(F)(F)F)s1. The fourth-order valence-electron chi connectivity index (χ4n) is 1.42. The number of hydrogen-bond acceptors (Lipinski definition) is 5. The molecule has 0 aliphatic carbocycles. The molecule has 104 valence electrons. The summed E-state index contributed by atoms with van der Waals surface area (Å²) in [6.07, 6.45) is -1.84. The zero-order chi connectivity index (χ0) is 13.6. The van der Waals surface area contributed by atoms with Crippen molar-refractivity contribution in [3.63, 3.8) is 0 Å². The predicted octanol–water partition coefficient (Wildman–Crippen LogP) is 2.48. The summed E-state index contributed by atoms with van der Waals surface area (Å²) < 4.78 is 42.4. The minimum atomic E-state index is -4.40. The number of nitrogens with one attached hydrogen (secondary N) is 1. The molecule has 0 saturated heterocycles. The highest BCUT2D eigenvalue weighted by Crippen LogP contribution is 2.35. The topological polar surface area (TPSA) is 60.2 Å². The molecule has 1 atom stereocenters. The van der Waals surface area contributed by atoms with Crippen LogP contribution in [0.1, 0.15) is 35.7 Å². The quantitative estimate of drug-likeness (QED) is 0.458. The van der Waals surface area contributed by atoms with Crippen LogP contribution in [0.5, 0.6) is 0 Å². The molecule has 0 saturated carbocycles. The Bertz CT molecular complexity index is 356. The van der Waals surface area contributed by atoms with Gasteiger partial charge in [-0.15, -0.1) is 11.3 Å². The third-order valence-electron chi connectivity index (χ3n) is 2.30. The predicted molar refractivity (Wildman–Crippen MR) is 62.9 cm³/mol. The van der Waals surface area contributed by atoms with E-state index in [2.05, 4.69) is 10.4 Å². The molecule has 0 aliphatic rings. The van der Waals surface area contributed by atoms with Gasteiger partial charge in [0.15, 0.2) is 5.01 Å². The van der Waals surface area contributed by atoms with E-state index in [1.54, 1.807) is 0 Å². The fourth-order valence-corrected chi connectivity index (χ4v) is 2.30. The van der Waals surface area contributed by atoms with Gasteiger partial charge < -0.3 is 4.74 Å². The van der Waals surface area contributed by atoms with Crippen LogP contribution in [0.4, 0.5) is 13.2 Å². The first-order valence-corrected chi connectivity index (χ1v) is 6.37. The summed E-state index contributed by atoms with van der Waals surface area (Å²) in [5.74, 6) is 5.34. The highest BCUT2D eigenvalue weighted by atomic mass is 32.1. The molecule has 0 spiro atoms. The summed E-state index contributed by atoms with van der Waals surface area (Å²) in [7, 11) is 0. The van der Waals surface area contributed by atoms with E-state index < -0.39 is 11.2 Å². The van der Waals surface area contributed by atoms with Gasteiger partial charge in [-0.25, -0.2) is 4.98 Å². The van der Waals surface area contributed by atoms with Crippen LogP contribution in [-0.4, -0.2) is 18.2 Å². The van der Waals surface area contributed by atoms with Gasteiger partial charge >= 0.3 is 6.18 Å². The molecule has 0 radical (unpaired) electrons. The number of rotatable bonds is 7. The molecule has 18 heavy (non-hydrogen) atoms. The summed E-state index contributed by atoms with van der Waals surface area (Å²) in [6, 6.07) is -0.320. The van der Waals surface area contributed by atoms with Crippen molar-refractivity contribution in [2.45, 2.75) is 32.0 Å². The number of nitrogens with two attached hydrogens (primary N) is 1. The van der Waals surface area contributed by atoms with Gasteiger partial charge in [0.1, 0.15) is 0 Å². The molecule has 1 rings (SSSR count). The molecule has 0 aliphatic heterocycles. The summed E-state index contributed by atoms with van der Waals surface area (Å²) >= 11 is 0.617. The van der Waals surface area contributed by atoms with Gasteiger partial charge in [-0.2, -0.15) is 13.2 Å². The van der Waals surface area contributed by atoms with Gasteiger partial charge in [0.05, 0.1) is 6.04 Å². The lowest BCUT2D eigenvalue weighted by atomic mass is 10.1. The molecule has 1 unspecified atom stereocenters. The van der Waals surface area contributed by atoms with Crippen molar-refractivity contribution in [1.29, 1.82) is 0 Å². The second-order valence-electron chi connectivity index (χ2n) is 3.62. The molecule has 3 N–H and O–H groups in total. The molecule has 0 fully saturated rings. The number of hydrazine groups is 1. The normalized spacial score (nSPS) is 13.8. The maximum Gasteiger partial charge on any atom is 0.443 e. The fraction of sp³-hybridized carbons (Fsp3) is 0.700. The summed E-state index contributed by atoms with van der Waals surface area (Å²) in [4.78, 5) is 3.85. The summed E-state index contributed by atoms with van der Waals surface area (Å²) in [6.45, 7) is 3.08. The summed E-state index contributed by atoms with van der Waals surface area (Å²) in [5.41, 5.74) is 2.51. The monoisotopic (exact) mass is 283 g/mol. The zero-order valence-corrected chi connectivity index (χ0v) is 10.8. The average molecular weight is 283 g/mol. The van der Waals surface area contributed by atoms with E-state index in [-0.39, 0.29) is 6.04 Å². The van der Waals surface area contributed by atoms with Crippen LogP contribution in [0.15, 0.2) is 6.20 Å². The van der Waals surface area contributed by atoms with Gasteiger partial charge in [-0.05, 0) is 19.8 Å². The van der Waals surface area contributed by atoms with E-state index in [1.165, 1.54) is 6.20 Å². The third-order valence-corrected chi connectivity index (χ3v) is 3.45. The van der Waals surface area contributed by atoms with E-state index in [0.717, 1.165) is 6.42 Å². The molecule has 0 aromatic carbocycles. The van der Waals surface area contributed by atoms with E-state index in [9.17, 15) is 13.2 Å². The van der Waals surface area contributed by atoms with Crippen molar-refractivity contribution >= 4 is 11.3 Å². The van der Waals surface area contributed by atoms with Crippen LogP contribution in [0.3, 0.4) is 0 Å². The maximum absolute atomic E-state index is 12.4. The molecule has 0 amide bonds. The van der Waals surface area contributed by atoms with Crippen molar-refractivity contribution in [3.8, 4) is 0 Å². The van der Waals surface area contributed by atoms with E-state index in [4.69, 9.17) is 10.6 Å².